The summed E-state index contributed by atoms with van der Waals surface area (Å²) in [5.41, 5.74) is 3.09. The quantitative estimate of drug-likeness (QED) is 0.510. The van der Waals surface area contributed by atoms with Gasteiger partial charge in [-0.05, 0) is 12.1 Å². The Balaban J connectivity index is 2.13. The van der Waals surface area contributed by atoms with Gasteiger partial charge in [-0.15, -0.1) is 0 Å². The van der Waals surface area contributed by atoms with Crippen molar-refractivity contribution in [3.63, 3.8) is 0 Å². The second-order valence-electron chi connectivity index (χ2n) is 3.46. The predicted molar refractivity (Wildman–Crippen MR) is 63.0 cm³/mol. The van der Waals surface area contributed by atoms with Gasteiger partial charge in [-0.3, -0.25) is 20.4 Å². The summed E-state index contributed by atoms with van der Waals surface area (Å²) in [4.78, 5) is 22.3. The molecule has 86 valence electrons. The largest absolute Gasteiger partial charge is 0.307 e. The lowest BCUT2D eigenvalue weighted by Gasteiger charge is -2.14. The fourth-order valence-electron chi connectivity index (χ4n) is 1.32. The van der Waals surface area contributed by atoms with Crippen LogP contribution < -0.4 is 10.7 Å². The van der Waals surface area contributed by atoms with E-state index in [1.807, 2.05) is 18.2 Å². The molecule has 1 aromatic rings. The molecule has 6 nitrogen and oxygen atoms in total. The Bertz CT molecular complexity index is 507. The zero-order valence-corrected chi connectivity index (χ0v) is 8.86. The highest BCUT2D eigenvalue weighted by Gasteiger charge is 2.26. The smallest absolute Gasteiger partial charge is 0.233 e. The van der Waals surface area contributed by atoms with Gasteiger partial charge in [0.15, 0.2) is 11.6 Å². The van der Waals surface area contributed by atoms with E-state index in [9.17, 15) is 9.59 Å². The van der Waals surface area contributed by atoms with Crippen molar-refractivity contribution in [2.24, 2.45) is 5.10 Å². The number of Topliss-reactive ketones (excluding diaryl/α,β-unsaturated/α-hetero) is 1. The van der Waals surface area contributed by atoms with Gasteiger partial charge < -0.3 is 5.32 Å². The van der Waals surface area contributed by atoms with E-state index in [1.54, 1.807) is 12.1 Å². The van der Waals surface area contributed by atoms with Gasteiger partial charge in [0.1, 0.15) is 5.71 Å². The molecule has 3 N–H and O–H groups in total. The Kier molecular flexibility index (Phi) is 2.95. The monoisotopic (exact) mass is 230 g/mol. The molecule has 0 unspecified atom stereocenters. The summed E-state index contributed by atoms with van der Waals surface area (Å²) in [6.07, 6.45) is -0.289. The number of carbonyl (C=O) groups is 2. The highest BCUT2D eigenvalue weighted by atomic mass is 16.2. The average Bonchev–Trinajstić information content (AvgIpc) is 2.33. The Hall–Kier alpha value is -2.50. The number of nitrogens with one attached hydrogen (secondary N) is 3. The number of amidine groups is 1. The minimum Gasteiger partial charge on any atom is -0.307 e. The lowest BCUT2D eigenvalue weighted by atomic mass is 10.1. The van der Waals surface area contributed by atoms with Crippen LogP contribution in [0, 0.1) is 5.41 Å². The summed E-state index contributed by atoms with van der Waals surface area (Å²) >= 11 is 0. The second-order valence-corrected chi connectivity index (χ2v) is 3.46. The number of anilines is 1. The number of rotatable bonds is 2. The summed E-state index contributed by atoms with van der Waals surface area (Å²) in [5, 5.41) is 13.7. The molecular weight excluding hydrogens is 220 g/mol. The first kappa shape index (κ1) is 11.0. The minimum absolute atomic E-state index is 0.0462. The molecule has 6 heteroatoms. The van der Waals surface area contributed by atoms with Gasteiger partial charge in [0, 0.05) is 0 Å². The molecule has 0 aliphatic carbocycles. The van der Waals surface area contributed by atoms with Crippen LogP contribution in [0.25, 0.3) is 0 Å². The molecule has 0 radical (unpaired) electrons. The van der Waals surface area contributed by atoms with Gasteiger partial charge in [-0.1, -0.05) is 18.2 Å². The van der Waals surface area contributed by atoms with Crippen molar-refractivity contribution >= 4 is 28.9 Å². The Morgan fingerprint density at radius 2 is 1.94 bits per heavy atom. The van der Waals surface area contributed by atoms with Crippen LogP contribution in [0.4, 0.5) is 5.69 Å². The summed E-state index contributed by atoms with van der Waals surface area (Å²) in [6.45, 7) is 0. The number of carbonyl (C=O) groups excluding carboxylic acids is 2. The SMILES string of the molecule is N=C1C(=O)CC(=O)N/C1=N/Nc1ccccc1. The predicted octanol–water partition coefficient (Wildman–Crippen LogP) is 0.521. The van der Waals surface area contributed by atoms with Crippen molar-refractivity contribution in [2.45, 2.75) is 6.42 Å². The molecule has 0 saturated carbocycles. The lowest BCUT2D eigenvalue weighted by Crippen LogP contribution is -2.46. The molecule has 1 aromatic carbocycles. The number of hydrogen-bond donors (Lipinski definition) is 3. The Morgan fingerprint density at radius 1 is 1.24 bits per heavy atom. The number of para-hydroxylation sites is 1. The van der Waals surface area contributed by atoms with E-state index in [-0.39, 0.29) is 18.0 Å². The number of hydrazone groups is 1. The molecule has 2 rings (SSSR count). The van der Waals surface area contributed by atoms with Crippen LogP contribution in [-0.2, 0) is 9.59 Å². The maximum Gasteiger partial charge on any atom is 0.233 e. The first-order valence-corrected chi connectivity index (χ1v) is 4.97. The molecule has 1 heterocycles. The summed E-state index contributed by atoms with van der Waals surface area (Å²) in [7, 11) is 0. The van der Waals surface area contributed by atoms with Gasteiger partial charge in [-0.25, -0.2) is 0 Å². The standard InChI is InChI=1S/C11H10N4O2/c12-10-8(16)6-9(17)13-11(10)15-14-7-4-2-1-3-5-7/h1-5,12,14H,6H2,(H,13,15,17). The van der Waals surface area contributed by atoms with Crippen molar-refractivity contribution in [1.29, 1.82) is 5.41 Å². The topological polar surface area (TPSA) is 94.4 Å². The van der Waals surface area contributed by atoms with E-state index in [4.69, 9.17) is 5.41 Å². The zero-order valence-electron chi connectivity index (χ0n) is 8.86. The van der Waals surface area contributed by atoms with Crippen LogP contribution in [0.1, 0.15) is 6.42 Å². The zero-order chi connectivity index (χ0) is 12.3. The summed E-state index contributed by atoms with van der Waals surface area (Å²) < 4.78 is 0. The third-order valence-electron chi connectivity index (χ3n) is 2.17. The van der Waals surface area contributed by atoms with E-state index in [0.717, 1.165) is 0 Å². The summed E-state index contributed by atoms with van der Waals surface area (Å²) in [5.74, 6) is -1.02. The first-order valence-electron chi connectivity index (χ1n) is 4.97. The van der Waals surface area contributed by atoms with E-state index in [2.05, 4.69) is 15.8 Å². The van der Waals surface area contributed by atoms with Crippen molar-refractivity contribution in [2.75, 3.05) is 5.43 Å². The van der Waals surface area contributed by atoms with Crippen LogP contribution in [-0.4, -0.2) is 23.2 Å². The highest BCUT2D eigenvalue weighted by Crippen LogP contribution is 2.05. The molecule has 1 aliphatic rings. The van der Waals surface area contributed by atoms with Crippen LogP contribution in [0.5, 0.6) is 0 Å². The van der Waals surface area contributed by atoms with Crippen LogP contribution in [0.3, 0.4) is 0 Å². The van der Waals surface area contributed by atoms with Gasteiger partial charge >= 0.3 is 0 Å². The van der Waals surface area contributed by atoms with Gasteiger partial charge in [0.25, 0.3) is 0 Å². The van der Waals surface area contributed by atoms with Gasteiger partial charge in [0.2, 0.25) is 5.91 Å². The van der Waals surface area contributed by atoms with Crippen LogP contribution in [0.15, 0.2) is 35.4 Å². The Morgan fingerprint density at radius 3 is 2.65 bits per heavy atom. The first-order chi connectivity index (χ1) is 8.16. The average molecular weight is 230 g/mol. The minimum atomic E-state index is -0.526. The number of piperidine rings is 1. The molecule has 0 aromatic heterocycles. The highest BCUT2D eigenvalue weighted by molar-refractivity contribution is 6.70. The molecule has 1 fully saturated rings. The number of hydrogen-bond acceptors (Lipinski definition) is 5. The summed E-state index contributed by atoms with van der Waals surface area (Å²) in [6, 6.07) is 9.05. The molecule has 17 heavy (non-hydrogen) atoms. The van der Waals surface area contributed by atoms with Gasteiger partial charge in [-0.2, -0.15) is 5.10 Å². The van der Waals surface area contributed by atoms with E-state index < -0.39 is 11.7 Å². The molecular formula is C11H10N4O2. The molecule has 1 aliphatic heterocycles. The number of benzene rings is 1. The fourth-order valence-corrected chi connectivity index (χ4v) is 1.32. The molecule has 1 saturated heterocycles. The van der Waals surface area contributed by atoms with E-state index in [0.29, 0.717) is 5.69 Å². The van der Waals surface area contributed by atoms with Crippen molar-refractivity contribution < 1.29 is 9.59 Å². The van der Waals surface area contributed by atoms with Crippen LogP contribution in [0.2, 0.25) is 0 Å². The fraction of sp³-hybridized carbons (Fsp3) is 0.0909. The van der Waals surface area contributed by atoms with Gasteiger partial charge in [0.05, 0.1) is 12.1 Å². The normalized spacial score (nSPS) is 18.1. The Labute approximate surface area is 97.2 Å². The van der Waals surface area contributed by atoms with Crippen molar-refractivity contribution in [3.05, 3.63) is 30.3 Å². The number of amides is 1. The maximum atomic E-state index is 11.2. The number of nitrogens with zero attached hydrogens (tertiary/aromatic N) is 1. The number of ketones is 1. The van der Waals surface area contributed by atoms with E-state index >= 15 is 0 Å². The second kappa shape index (κ2) is 4.56. The third-order valence-corrected chi connectivity index (χ3v) is 2.17. The van der Waals surface area contributed by atoms with Crippen LogP contribution >= 0.6 is 0 Å². The lowest BCUT2D eigenvalue weighted by molar-refractivity contribution is -0.125. The molecule has 0 spiro atoms. The maximum absolute atomic E-state index is 11.2. The third kappa shape index (κ3) is 2.54. The van der Waals surface area contributed by atoms with E-state index in [1.165, 1.54) is 0 Å². The molecule has 0 atom stereocenters. The molecule has 0 bridgehead atoms. The van der Waals surface area contributed by atoms with Crippen molar-refractivity contribution in [1.82, 2.24) is 5.32 Å². The van der Waals surface area contributed by atoms with Crippen molar-refractivity contribution in [3.8, 4) is 0 Å². The molecule has 1 amide bonds.